The van der Waals surface area contributed by atoms with Gasteiger partial charge in [-0.05, 0) is 126 Å². The Kier molecular flexibility index (Phi) is 9.47. The minimum Gasteiger partial charge on any atom is -0.455 e. The first-order valence-electron chi connectivity index (χ1n) is 24.5. The smallest absolute Gasteiger partial charge is 0.143 e. The van der Waals surface area contributed by atoms with Gasteiger partial charge in [0.1, 0.15) is 11.2 Å². The largest absolute Gasteiger partial charge is 0.455 e. The van der Waals surface area contributed by atoms with Gasteiger partial charge in [-0.25, -0.2) is 0 Å². The van der Waals surface area contributed by atoms with Crippen LogP contribution in [0.15, 0.2) is 277 Å². The van der Waals surface area contributed by atoms with E-state index in [0.29, 0.717) is 0 Å². The lowest BCUT2D eigenvalue weighted by Crippen LogP contribution is -2.28. The van der Waals surface area contributed by atoms with E-state index in [1.807, 2.05) is 0 Å². The molecule has 0 amide bonds. The zero-order chi connectivity index (χ0) is 46.9. The SMILES string of the molecule is c1ccc(-c2ccc(-c3cc(-c4cc5c(oc6cccc(N(c7ccccc7)c7cccc8ccccc78)c65)c5ccccc45)cc4c3-c3ccccc3C4(c3ccccc3)c3ccccc3)cc2)cc1. The second kappa shape index (κ2) is 16.5. The Morgan fingerprint density at radius 1 is 0.324 bits per heavy atom. The molecule has 0 spiro atoms. The van der Waals surface area contributed by atoms with E-state index in [1.165, 1.54) is 66.4 Å². The third-order valence-electron chi connectivity index (χ3n) is 14.9. The maximum absolute atomic E-state index is 7.09. The summed E-state index contributed by atoms with van der Waals surface area (Å²) in [7, 11) is 0. The summed E-state index contributed by atoms with van der Waals surface area (Å²) in [4.78, 5) is 2.41. The Hall–Kier alpha value is -9.24. The Balaban J connectivity index is 1.09. The molecule has 0 aliphatic heterocycles. The van der Waals surface area contributed by atoms with Gasteiger partial charge in [-0.15, -0.1) is 0 Å². The van der Waals surface area contributed by atoms with Crippen LogP contribution in [0.25, 0.3) is 88.0 Å². The van der Waals surface area contributed by atoms with Crippen LogP contribution in [0.4, 0.5) is 17.1 Å². The van der Waals surface area contributed by atoms with Crippen LogP contribution < -0.4 is 4.90 Å². The highest BCUT2D eigenvalue weighted by Crippen LogP contribution is 2.60. The topological polar surface area (TPSA) is 16.4 Å². The van der Waals surface area contributed by atoms with Crippen LogP contribution in [0.3, 0.4) is 0 Å². The molecule has 0 unspecified atom stereocenters. The van der Waals surface area contributed by atoms with E-state index in [0.717, 1.165) is 60.9 Å². The fourth-order valence-electron chi connectivity index (χ4n) is 11.9. The monoisotopic (exact) mass is 903 g/mol. The summed E-state index contributed by atoms with van der Waals surface area (Å²) < 4.78 is 7.09. The predicted octanol–water partition coefficient (Wildman–Crippen LogP) is 18.7. The number of nitrogens with zero attached hydrogens (tertiary/aromatic N) is 1. The quantitative estimate of drug-likeness (QED) is 0.151. The fraction of sp³-hybridized carbons (Fsp3) is 0.0145. The van der Waals surface area contributed by atoms with Gasteiger partial charge in [0.25, 0.3) is 0 Å². The maximum atomic E-state index is 7.09. The first-order valence-corrected chi connectivity index (χ1v) is 24.5. The van der Waals surface area contributed by atoms with Crippen molar-refractivity contribution in [3.8, 4) is 44.5 Å². The van der Waals surface area contributed by atoms with Crippen molar-refractivity contribution in [2.45, 2.75) is 5.41 Å². The van der Waals surface area contributed by atoms with Crippen molar-refractivity contribution in [2.75, 3.05) is 4.90 Å². The third-order valence-corrected chi connectivity index (χ3v) is 14.9. The molecule has 1 aliphatic carbocycles. The summed E-state index contributed by atoms with van der Waals surface area (Å²) in [6, 6.07) is 99.9. The van der Waals surface area contributed by atoms with E-state index >= 15 is 0 Å². The number of furan rings is 1. The van der Waals surface area contributed by atoms with Crippen molar-refractivity contribution in [3.05, 3.63) is 295 Å². The van der Waals surface area contributed by atoms with Crippen LogP contribution in [0.2, 0.25) is 0 Å². The Morgan fingerprint density at radius 3 is 1.63 bits per heavy atom. The molecule has 0 atom stereocenters. The zero-order valence-electron chi connectivity index (χ0n) is 38.8. The summed E-state index contributed by atoms with van der Waals surface area (Å²) in [6.07, 6.45) is 0. The summed E-state index contributed by atoms with van der Waals surface area (Å²) in [6.45, 7) is 0. The number of hydrogen-bond donors (Lipinski definition) is 0. The number of fused-ring (bicyclic) bond motifs is 9. The summed E-state index contributed by atoms with van der Waals surface area (Å²) in [5.74, 6) is 0. The number of hydrogen-bond acceptors (Lipinski definition) is 2. The molecular formula is C69H45NO. The molecule has 332 valence electrons. The van der Waals surface area contributed by atoms with E-state index in [4.69, 9.17) is 4.42 Å². The Bertz CT molecular complexity index is 4090. The second-order valence-electron chi connectivity index (χ2n) is 18.7. The van der Waals surface area contributed by atoms with Crippen LogP contribution in [0, 0.1) is 0 Å². The van der Waals surface area contributed by atoms with Gasteiger partial charge in [-0.1, -0.05) is 224 Å². The molecule has 2 nitrogen and oxygen atoms in total. The van der Waals surface area contributed by atoms with Crippen LogP contribution in [-0.4, -0.2) is 0 Å². The molecule has 0 saturated carbocycles. The third kappa shape index (κ3) is 6.35. The van der Waals surface area contributed by atoms with Gasteiger partial charge in [0.05, 0.1) is 22.2 Å². The van der Waals surface area contributed by atoms with Crippen molar-refractivity contribution in [2.24, 2.45) is 0 Å². The predicted molar refractivity (Wildman–Crippen MR) is 297 cm³/mol. The van der Waals surface area contributed by atoms with Crippen LogP contribution in [0.1, 0.15) is 22.3 Å². The van der Waals surface area contributed by atoms with E-state index in [1.54, 1.807) is 0 Å². The highest BCUT2D eigenvalue weighted by Gasteiger charge is 2.47. The van der Waals surface area contributed by atoms with Gasteiger partial charge in [0.2, 0.25) is 0 Å². The molecule has 13 aromatic rings. The van der Waals surface area contributed by atoms with Gasteiger partial charge < -0.3 is 9.32 Å². The van der Waals surface area contributed by atoms with Crippen molar-refractivity contribution in [1.82, 2.24) is 0 Å². The number of benzene rings is 12. The van der Waals surface area contributed by atoms with E-state index in [9.17, 15) is 0 Å². The van der Waals surface area contributed by atoms with Gasteiger partial charge >= 0.3 is 0 Å². The van der Waals surface area contributed by atoms with E-state index in [-0.39, 0.29) is 0 Å². The van der Waals surface area contributed by atoms with Crippen LogP contribution in [-0.2, 0) is 5.41 Å². The highest BCUT2D eigenvalue weighted by molar-refractivity contribution is 6.23. The standard InChI is InChI=1S/C69H45NO/c1-5-21-46(22-6-1)47-39-41-49(42-40-47)59-43-50(44-62-66(59)57-34-17-18-35-61(57)69(62,51-25-7-2-8-26-51)52-27-9-3-10-28-52)58-45-60-67-64(37-20-38-65(67)71-68(60)56-33-16-15-32-55(56)58)70(53-29-11-4-12-30-53)63-36-19-24-48-23-13-14-31-54(48)63/h1-45H. The molecule has 1 aromatic heterocycles. The number of para-hydroxylation sites is 1. The molecule has 0 N–H and O–H groups in total. The average molecular weight is 904 g/mol. The summed E-state index contributed by atoms with van der Waals surface area (Å²) in [5, 5.41) is 6.72. The zero-order valence-corrected chi connectivity index (χ0v) is 38.8. The van der Waals surface area contributed by atoms with Crippen molar-refractivity contribution in [1.29, 1.82) is 0 Å². The molecule has 71 heavy (non-hydrogen) atoms. The molecule has 12 aromatic carbocycles. The molecule has 0 bridgehead atoms. The van der Waals surface area contributed by atoms with Crippen molar-refractivity contribution in [3.63, 3.8) is 0 Å². The van der Waals surface area contributed by atoms with Crippen LogP contribution >= 0.6 is 0 Å². The Morgan fingerprint density at radius 2 is 0.887 bits per heavy atom. The van der Waals surface area contributed by atoms with Crippen LogP contribution in [0.5, 0.6) is 0 Å². The lowest BCUT2D eigenvalue weighted by atomic mass is 9.67. The van der Waals surface area contributed by atoms with Gasteiger partial charge in [-0.3, -0.25) is 0 Å². The first kappa shape index (κ1) is 40.8. The van der Waals surface area contributed by atoms with Crippen molar-refractivity contribution >= 4 is 60.5 Å². The molecule has 1 aliphatic rings. The fourth-order valence-corrected chi connectivity index (χ4v) is 11.9. The van der Waals surface area contributed by atoms with Crippen molar-refractivity contribution < 1.29 is 4.42 Å². The van der Waals surface area contributed by atoms with E-state index < -0.39 is 5.41 Å². The van der Waals surface area contributed by atoms with Gasteiger partial charge in [0.15, 0.2) is 0 Å². The molecule has 0 radical (unpaired) electrons. The molecule has 2 heteroatoms. The molecule has 0 saturated heterocycles. The van der Waals surface area contributed by atoms with Gasteiger partial charge in [0, 0.05) is 21.8 Å². The number of anilines is 3. The molecule has 1 heterocycles. The summed E-state index contributed by atoms with van der Waals surface area (Å²) in [5.41, 5.74) is 19.0. The normalized spacial score (nSPS) is 12.6. The highest BCUT2D eigenvalue weighted by atomic mass is 16.3. The minimum absolute atomic E-state index is 0.604. The lowest BCUT2D eigenvalue weighted by molar-refractivity contribution is 0.672. The van der Waals surface area contributed by atoms with Gasteiger partial charge in [-0.2, -0.15) is 0 Å². The molecule has 14 rings (SSSR count). The average Bonchev–Trinajstić information content (AvgIpc) is 3.98. The summed E-state index contributed by atoms with van der Waals surface area (Å²) >= 11 is 0. The minimum atomic E-state index is -0.604. The number of rotatable bonds is 8. The maximum Gasteiger partial charge on any atom is 0.143 e. The molecular weight excluding hydrogens is 859 g/mol. The lowest BCUT2D eigenvalue weighted by Gasteiger charge is -2.34. The first-order chi connectivity index (χ1) is 35.2. The molecule has 0 fully saturated rings. The second-order valence-corrected chi connectivity index (χ2v) is 18.7. The van der Waals surface area contributed by atoms with E-state index in [2.05, 4.69) is 278 Å². The Labute approximate surface area is 413 Å².